The number of hydrogen-bond acceptors (Lipinski definition) is 1. The highest BCUT2D eigenvalue weighted by atomic mass is 19.4. The van der Waals surface area contributed by atoms with Gasteiger partial charge in [-0.3, -0.25) is 0 Å². The van der Waals surface area contributed by atoms with E-state index in [4.69, 9.17) is 0 Å². The van der Waals surface area contributed by atoms with Crippen molar-refractivity contribution in [1.29, 1.82) is 0 Å². The Balaban J connectivity index is 3.37. The van der Waals surface area contributed by atoms with Crippen LogP contribution in [-0.2, 0) is 4.74 Å². The van der Waals surface area contributed by atoms with Gasteiger partial charge < -0.3 is 4.74 Å². The fourth-order valence-corrected chi connectivity index (χ4v) is 0.497. The lowest BCUT2D eigenvalue weighted by atomic mass is 10.1. The molecule has 0 heterocycles. The molecule has 0 fully saturated rings. The molecule has 0 radical (unpaired) electrons. The Hall–Kier alpha value is -0.670. The Bertz CT molecular complexity index is 138. The minimum Gasteiger partial charge on any atom is -0.501 e. The van der Waals surface area contributed by atoms with Gasteiger partial charge in [0.2, 0.25) is 0 Å². The number of ether oxygens (including phenoxy) is 1. The Morgan fingerprint density at radius 2 is 1.92 bits per heavy atom. The van der Waals surface area contributed by atoms with Gasteiger partial charge >= 0.3 is 6.18 Å². The highest BCUT2D eigenvalue weighted by Gasteiger charge is 2.22. The summed E-state index contributed by atoms with van der Waals surface area (Å²) in [7, 11) is 0. The van der Waals surface area contributed by atoms with Crippen LogP contribution in [0.1, 0.15) is 20.3 Å². The fraction of sp³-hybridized carbons (Fsp3) is 0.750. The zero-order valence-electron chi connectivity index (χ0n) is 7.19. The number of rotatable bonds is 4. The van der Waals surface area contributed by atoms with Crippen LogP contribution in [0.15, 0.2) is 12.3 Å². The third-order valence-corrected chi connectivity index (χ3v) is 1.17. The lowest BCUT2D eigenvalue weighted by Gasteiger charge is -2.03. The fourth-order valence-electron chi connectivity index (χ4n) is 0.497. The molecule has 12 heavy (non-hydrogen) atoms. The first-order chi connectivity index (χ1) is 5.42. The highest BCUT2D eigenvalue weighted by Crippen LogP contribution is 2.15. The molecule has 0 aromatic rings. The summed E-state index contributed by atoms with van der Waals surface area (Å²) in [5.41, 5.74) is 0. The Morgan fingerprint density at radius 1 is 1.33 bits per heavy atom. The topological polar surface area (TPSA) is 9.23 Å². The van der Waals surface area contributed by atoms with E-state index in [1.165, 1.54) is 0 Å². The molecule has 0 unspecified atom stereocenters. The molecule has 72 valence electrons. The van der Waals surface area contributed by atoms with E-state index in [1.54, 1.807) is 0 Å². The average molecular weight is 182 g/mol. The van der Waals surface area contributed by atoms with Crippen molar-refractivity contribution in [2.75, 3.05) is 6.61 Å². The second-order valence-electron chi connectivity index (χ2n) is 2.90. The third-order valence-electron chi connectivity index (χ3n) is 1.17. The molecule has 0 N–H and O–H groups in total. The van der Waals surface area contributed by atoms with E-state index in [0.717, 1.165) is 6.42 Å². The average Bonchev–Trinajstić information content (AvgIpc) is 1.83. The second kappa shape index (κ2) is 5.06. The molecule has 0 aromatic heterocycles. The minimum absolute atomic E-state index is 0.0906. The summed E-state index contributed by atoms with van der Waals surface area (Å²) in [6.45, 7) is 4.30. The van der Waals surface area contributed by atoms with Crippen molar-refractivity contribution in [1.82, 2.24) is 0 Å². The summed E-state index contributed by atoms with van der Waals surface area (Å²) in [5, 5.41) is 0. The monoisotopic (exact) mass is 182 g/mol. The van der Waals surface area contributed by atoms with Gasteiger partial charge in [0, 0.05) is 0 Å². The van der Waals surface area contributed by atoms with Crippen molar-refractivity contribution in [2.24, 2.45) is 5.92 Å². The minimum atomic E-state index is -4.27. The molecule has 0 atom stereocenters. The van der Waals surface area contributed by atoms with Crippen LogP contribution in [0.4, 0.5) is 13.2 Å². The van der Waals surface area contributed by atoms with Crippen LogP contribution in [0, 0.1) is 5.92 Å². The normalized spacial score (nSPS) is 12.8. The first kappa shape index (κ1) is 11.3. The highest BCUT2D eigenvalue weighted by molar-refractivity contribution is 4.82. The van der Waals surface area contributed by atoms with Gasteiger partial charge in [0.15, 0.2) is 0 Å². The molecule has 0 amide bonds. The Kier molecular flexibility index (Phi) is 4.78. The predicted molar refractivity (Wildman–Crippen MR) is 40.6 cm³/mol. The van der Waals surface area contributed by atoms with Crippen molar-refractivity contribution < 1.29 is 17.9 Å². The van der Waals surface area contributed by atoms with E-state index in [0.29, 0.717) is 18.8 Å². The first-order valence-electron chi connectivity index (χ1n) is 3.78. The maximum absolute atomic E-state index is 11.5. The van der Waals surface area contributed by atoms with E-state index in [9.17, 15) is 13.2 Å². The van der Waals surface area contributed by atoms with Gasteiger partial charge in [-0.25, -0.2) is 0 Å². The van der Waals surface area contributed by atoms with Crippen LogP contribution in [-0.4, -0.2) is 12.8 Å². The molecule has 0 saturated heterocycles. The second-order valence-corrected chi connectivity index (χ2v) is 2.90. The lowest BCUT2D eigenvalue weighted by molar-refractivity contribution is -0.0816. The van der Waals surface area contributed by atoms with Gasteiger partial charge in [0.1, 0.15) is 0 Å². The maximum Gasteiger partial charge on any atom is 0.412 e. The standard InChI is InChI=1S/C8H13F3O/c1-7(2)3-5-12-6-4-8(9,10)11/h4,6-7H,3,5H2,1-2H3. The van der Waals surface area contributed by atoms with Crippen molar-refractivity contribution in [2.45, 2.75) is 26.4 Å². The van der Waals surface area contributed by atoms with Crippen LogP contribution in [0.5, 0.6) is 0 Å². The van der Waals surface area contributed by atoms with Crippen LogP contribution in [0.25, 0.3) is 0 Å². The maximum atomic E-state index is 11.5. The summed E-state index contributed by atoms with van der Waals surface area (Å²) >= 11 is 0. The van der Waals surface area contributed by atoms with Gasteiger partial charge in [-0.2, -0.15) is 13.2 Å². The predicted octanol–water partition coefficient (Wildman–Crippen LogP) is 3.13. The SMILES string of the molecule is CC(C)CCOC=CC(F)(F)F. The molecule has 0 spiro atoms. The van der Waals surface area contributed by atoms with E-state index < -0.39 is 6.18 Å². The number of halogens is 3. The molecule has 0 saturated carbocycles. The molecule has 0 bridgehead atoms. The van der Waals surface area contributed by atoms with Gasteiger partial charge in [-0.15, -0.1) is 0 Å². The zero-order chi connectivity index (χ0) is 9.61. The summed E-state index contributed by atoms with van der Waals surface area (Å²) in [5.74, 6) is 0.448. The quantitative estimate of drug-likeness (QED) is 0.479. The number of alkyl halides is 3. The summed E-state index contributed by atoms with van der Waals surface area (Å²) in [6, 6.07) is 0. The molecule has 0 aliphatic rings. The van der Waals surface area contributed by atoms with Crippen LogP contribution < -0.4 is 0 Å². The van der Waals surface area contributed by atoms with E-state index in [2.05, 4.69) is 4.74 Å². The van der Waals surface area contributed by atoms with Crippen molar-refractivity contribution in [3.63, 3.8) is 0 Å². The van der Waals surface area contributed by atoms with Gasteiger partial charge in [-0.1, -0.05) is 13.8 Å². The summed E-state index contributed by atoms with van der Waals surface area (Å²) in [6.07, 6.45) is -2.71. The Morgan fingerprint density at radius 3 is 2.33 bits per heavy atom. The summed E-state index contributed by atoms with van der Waals surface area (Å²) < 4.78 is 39.0. The van der Waals surface area contributed by atoms with Gasteiger partial charge in [-0.05, 0) is 12.3 Å². The van der Waals surface area contributed by atoms with Crippen molar-refractivity contribution in [3.8, 4) is 0 Å². The molecule has 0 aromatic carbocycles. The molecule has 0 aliphatic carbocycles. The smallest absolute Gasteiger partial charge is 0.412 e. The lowest BCUT2D eigenvalue weighted by Crippen LogP contribution is -2.01. The number of hydrogen-bond donors (Lipinski definition) is 0. The summed E-state index contributed by atoms with van der Waals surface area (Å²) in [4.78, 5) is 0. The third kappa shape index (κ3) is 9.33. The molecule has 1 nitrogen and oxygen atoms in total. The molecular formula is C8H13F3O. The van der Waals surface area contributed by atoms with Gasteiger partial charge in [0.25, 0.3) is 0 Å². The molecule has 4 heteroatoms. The van der Waals surface area contributed by atoms with Gasteiger partial charge in [0.05, 0.1) is 18.9 Å². The van der Waals surface area contributed by atoms with E-state index >= 15 is 0 Å². The van der Waals surface area contributed by atoms with Crippen molar-refractivity contribution >= 4 is 0 Å². The zero-order valence-corrected chi connectivity index (χ0v) is 7.19. The first-order valence-corrected chi connectivity index (χ1v) is 3.78. The Labute approximate surface area is 70.2 Å². The van der Waals surface area contributed by atoms with Crippen molar-refractivity contribution in [3.05, 3.63) is 12.3 Å². The van der Waals surface area contributed by atoms with Crippen LogP contribution in [0.3, 0.4) is 0 Å². The molecule has 0 rings (SSSR count). The van der Waals surface area contributed by atoms with E-state index in [-0.39, 0.29) is 6.08 Å². The van der Waals surface area contributed by atoms with Crippen LogP contribution >= 0.6 is 0 Å². The van der Waals surface area contributed by atoms with E-state index in [1.807, 2.05) is 13.8 Å². The molecule has 0 aliphatic heterocycles. The largest absolute Gasteiger partial charge is 0.501 e. The molecular weight excluding hydrogens is 169 g/mol. The van der Waals surface area contributed by atoms with Crippen LogP contribution in [0.2, 0.25) is 0 Å². The number of allylic oxidation sites excluding steroid dienone is 1.